The number of likely N-dealkylation sites (tertiary alicyclic amines) is 1. The van der Waals surface area contributed by atoms with Gasteiger partial charge in [0, 0.05) is 44.7 Å². The number of methoxy groups -OCH3 is 2. The van der Waals surface area contributed by atoms with Gasteiger partial charge in [-0.25, -0.2) is 0 Å². The molecule has 0 aliphatic carbocycles. The van der Waals surface area contributed by atoms with E-state index in [0.717, 1.165) is 56.5 Å². The molecule has 0 unspecified atom stereocenters. The maximum atomic E-state index is 5.45. The van der Waals surface area contributed by atoms with Gasteiger partial charge in [-0.05, 0) is 30.5 Å². The Balaban J connectivity index is 0.00000420. The number of ether oxygens (including phenoxy) is 2. The molecule has 1 aromatic rings. The molecule has 1 aliphatic heterocycles. The van der Waals surface area contributed by atoms with Crippen molar-refractivity contribution in [3.8, 4) is 11.5 Å². The van der Waals surface area contributed by atoms with Crippen molar-refractivity contribution in [1.29, 1.82) is 0 Å². The van der Waals surface area contributed by atoms with Gasteiger partial charge in [0.2, 0.25) is 0 Å². The largest absolute Gasteiger partial charge is 0.493 e. The van der Waals surface area contributed by atoms with Crippen LogP contribution in [0.15, 0.2) is 35.8 Å². The summed E-state index contributed by atoms with van der Waals surface area (Å²) in [4.78, 5) is 6.85. The van der Waals surface area contributed by atoms with E-state index in [-0.39, 0.29) is 29.4 Å². The van der Waals surface area contributed by atoms with Crippen LogP contribution in [-0.2, 0) is 5.41 Å². The fraction of sp³-hybridized carbons (Fsp3) is 0.591. The molecular formula is C22H37IN4O2. The molecule has 6 nitrogen and oxygen atoms in total. The molecule has 0 radical (unpaired) electrons. The number of benzene rings is 1. The number of nitrogens with one attached hydrogen (secondary N) is 2. The molecule has 2 N–H and O–H groups in total. The van der Waals surface area contributed by atoms with E-state index in [0.29, 0.717) is 6.04 Å². The van der Waals surface area contributed by atoms with Crippen LogP contribution in [-0.4, -0.2) is 64.3 Å². The van der Waals surface area contributed by atoms with Crippen LogP contribution in [0.4, 0.5) is 0 Å². The maximum absolute atomic E-state index is 5.45. The number of hydrogen-bond donors (Lipinski definition) is 2. The van der Waals surface area contributed by atoms with Gasteiger partial charge in [0.15, 0.2) is 17.5 Å². The van der Waals surface area contributed by atoms with Gasteiger partial charge in [-0.15, -0.1) is 30.6 Å². The van der Waals surface area contributed by atoms with E-state index in [1.165, 1.54) is 5.56 Å². The Morgan fingerprint density at radius 3 is 2.45 bits per heavy atom. The van der Waals surface area contributed by atoms with Crippen molar-refractivity contribution in [2.24, 2.45) is 4.99 Å². The van der Waals surface area contributed by atoms with Crippen LogP contribution in [0.2, 0.25) is 0 Å². The molecule has 7 heteroatoms. The zero-order valence-corrected chi connectivity index (χ0v) is 20.8. The summed E-state index contributed by atoms with van der Waals surface area (Å²) in [6.07, 6.45) is 4.21. The van der Waals surface area contributed by atoms with Crippen molar-refractivity contribution >= 4 is 29.9 Å². The lowest BCUT2D eigenvalue weighted by Gasteiger charge is -2.33. The van der Waals surface area contributed by atoms with E-state index in [9.17, 15) is 0 Å². The first-order chi connectivity index (χ1) is 13.4. The summed E-state index contributed by atoms with van der Waals surface area (Å²) >= 11 is 0. The molecule has 1 aromatic carbocycles. The summed E-state index contributed by atoms with van der Waals surface area (Å²) in [5.74, 6) is 2.35. The average molecular weight is 516 g/mol. The lowest BCUT2D eigenvalue weighted by Crippen LogP contribution is -2.50. The third-order valence-corrected chi connectivity index (χ3v) is 5.40. The highest BCUT2D eigenvalue weighted by Crippen LogP contribution is 2.32. The summed E-state index contributed by atoms with van der Waals surface area (Å²) < 4.78 is 10.8. The van der Waals surface area contributed by atoms with Gasteiger partial charge in [0.25, 0.3) is 0 Å². The van der Waals surface area contributed by atoms with E-state index in [2.05, 4.69) is 47.0 Å². The molecule has 164 valence electrons. The monoisotopic (exact) mass is 516 g/mol. The summed E-state index contributed by atoms with van der Waals surface area (Å²) in [5.41, 5.74) is 1.09. The quantitative estimate of drug-likeness (QED) is 0.240. The number of rotatable bonds is 8. The molecule has 0 atom stereocenters. The lowest BCUT2D eigenvalue weighted by atomic mass is 9.84. The van der Waals surface area contributed by atoms with Crippen LogP contribution in [0, 0.1) is 0 Å². The third kappa shape index (κ3) is 7.37. The summed E-state index contributed by atoms with van der Waals surface area (Å²) in [6.45, 7) is 12.2. The number of guanidine groups is 1. The molecule has 0 aromatic heterocycles. The van der Waals surface area contributed by atoms with Gasteiger partial charge in [-0.3, -0.25) is 9.89 Å². The highest BCUT2D eigenvalue weighted by Gasteiger charge is 2.24. The second-order valence-electron chi connectivity index (χ2n) is 7.89. The van der Waals surface area contributed by atoms with E-state index in [1.807, 2.05) is 25.3 Å². The normalized spacial score (nSPS) is 16.0. The van der Waals surface area contributed by atoms with Gasteiger partial charge in [0.1, 0.15) is 0 Å². The highest BCUT2D eigenvalue weighted by molar-refractivity contribution is 14.0. The third-order valence-electron chi connectivity index (χ3n) is 5.40. The van der Waals surface area contributed by atoms with Crippen LogP contribution < -0.4 is 20.1 Å². The van der Waals surface area contributed by atoms with Crippen LogP contribution in [0.25, 0.3) is 0 Å². The van der Waals surface area contributed by atoms with Gasteiger partial charge in [-0.1, -0.05) is 26.0 Å². The van der Waals surface area contributed by atoms with Crippen molar-refractivity contribution in [3.63, 3.8) is 0 Å². The minimum Gasteiger partial charge on any atom is -0.493 e. The minimum absolute atomic E-state index is 0. The maximum Gasteiger partial charge on any atom is 0.191 e. The molecule has 0 saturated carbocycles. The molecule has 29 heavy (non-hydrogen) atoms. The number of nitrogens with zero attached hydrogens (tertiary/aromatic N) is 2. The lowest BCUT2D eigenvalue weighted by molar-refractivity contribution is 0.225. The summed E-state index contributed by atoms with van der Waals surface area (Å²) in [5, 5.41) is 7.07. The smallest absolute Gasteiger partial charge is 0.191 e. The fourth-order valence-corrected chi connectivity index (χ4v) is 3.49. The van der Waals surface area contributed by atoms with Crippen molar-refractivity contribution in [2.45, 2.75) is 38.1 Å². The Bertz CT molecular complexity index is 671. The first-order valence-corrected chi connectivity index (χ1v) is 9.96. The minimum atomic E-state index is -0.0928. The number of aliphatic imine (C=N–C) groups is 1. The van der Waals surface area contributed by atoms with Crippen LogP contribution in [0.1, 0.15) is 32.3 Å². The van der Waals surface area contributed by atoms with Crippen molar-refractivity contribution in [2.75, 3.05) is 47.4 Å². The Hall–Kier alpha value is -1.48. The Morgan fingerprint density at radius 2 is 1.90 bits per heavy atom. The first-order valence-electron chi connectivity index (χ1n) is 9.96. The zero-order chi connectivity index (χ0) is 20.6. The molecule has 0 amide bonds. The first kappa shape index (κ1) is 25.6. The Kier molecular flexibility index (Phi) is 10.8. The molecule has 1 heterocycles. The second kappa shape index (κ2) is 12.3. The van der Waals surface area contributed by atoms with E-state index in [1.54, 1.807) is 14.2 Å². The molecule has 0 bridgehead atoms. The van der Waals surface area contributed by atoms with Crippen molar-refractivity contribution < 1.29 is 9.47 Å². The van der Waals surface area contributed by atoms with Crippen LogP contribution in [0.3, 0.4) is 0 Å². The van der Waals surface area contributed by atoms with E-state index in [4.69, 9.17) is 9.47 Å². The van der Waals surface area contributed by atoms with Crippen molar-refractivity contribution in [1.82, 2.24) is 15.5 Å². The molecule has 2 rings (SSSR count). The van der Waals surface area contributed by atoms with Gasteiger partial charge in [0.05, 0.1) is 14.2 Å². The van der Waals surface area contributed by atoms with Gasteiger partial charge in [-0.2, -0.15) is 0 Å². The van der Waals surface area contributed by atoms with Gasteiger partial charge >= 0.3 is 0 Å². The van der Waals surface area contributed by atoms with E-state index >= 15 is 0 Å². The molecule has 1 aliphatic rings. The average Bonchev–Trinajstić information content (AvgIpc) is 2.72. The zero-order valence-electron chi connectivity index (χ0n) is 18.5. The fourth-order valence-electron chi connectivity index (χ4n) is 3.49. The molecule has 1 saturated heterocycles. The second-order valence-corrected chi connectivity index (χ2v) is 7.89. The number of halogens is 1. The topological polar surface area (TPSA) is 58.1 Å². The molecular weight excluding hydrogens is 479 g/mol. The number of hydrogen-bond acceptors (Lipinski definition) is 4. The van der Waals surface area contributed by atoms with E-state index < -0.39 is 0 Å². The summed E-state index contributed by atoms with van der Waals surface area (Å²) in [6, 6.07) is 6.55. The highest BCUT2D eigenvalue weighted by atomic mass is 127. The Morgan fingerprint density at radius 1 is 1.24 bits per heavy atom. The standard InChI is InChI=1S/C22H36N4O2.HI/c1-7-12-26-13-10-18(11-14-26)25-21(23-4)24-16-22(2,3)17-8-9-19(27-5)20(15-17)28-6;/h7-9,15,18H,1,10-14,16H2,2-6H3,(H2,23,24,25);1H. The summed E-state index contributed by atoms with van der Waals surface area (Å²) in [7, 11) is 5.15. The van der Waals surface area contributed by atoms with Crippen molar-refractivity contribution in [3.05, 3.63) is 36.4 Å². The van der Waals surface area contributed by atoms with Crippen LogP contribution in [0.5, 0.6) is 11.5 Å². The predicted molar refractivity (Wildman–Crippen MR) is 132 cm³/mol. The molecule has 0 spiro atoms. The molecule has 1 fully saturated rings. The van der Waals surface area contributed by atoms with Gasteiger partial charge < -0.3 is 20.1 Å². The number of piperidine rings is 1. The predicted octanol–water partition coefficient (Wildman–Crippen LogP) is 3.41. The Labute approximate surface area is 193 Å². The SMILES string of the molecule is C=CCN1CCC(NC(=NC)NCC(C)(C)c2ccc(OC)c(OC)c2)CC1.I. The van der Waals surface area contributed by atoms with Crippen LogP contribution >= 0.6 is 24.0 Å².